The SMILES string of the molecule is Cc1cccc(C(=O)NC2(C(=O)O)CCCCCC2)c1C. The minimum Gasteiger partial charge on any atom is -0.480 e. The fourth-order valence-electron chi connectivity index (χ4n) is 3.01. The Kier molecular flexibility index (Phi) is 4.66. The number of amides is 1. The summed E-state index contributed by atoms with van der Waals surface area (Å²) >= 11 is 0. The average Bonchev–Trinajstić information content (AvgIpc) is 2.68. The van der Waals surface area contributed by atoms with Crippen LogP contribution >= 0.6 is 0 Å². The summed E-state index contributed by atoms with van der Waals surface area (Å²) in [5.41, 5.74) is 1.40. The van der Waals surface area contributed by atoms with Gasteiger partial charge in [-0.25, -0.2) is 4.79 Å². The summed E-state index contributed by atoms with van der Waals surface area (Å²) in [4.78, 5) is 24.3. The number of nitrogens with one attached hydrogen (secondary N) is 1. The third kappa shape index (κ3) is 3.26. The van der Waals surface area contributed by atoms with Gasteiger partial charge in [-0.15, -0.1) is 0 Å². The monoisotopic (exact) mass is 289 g/mol. The maximum absolute atomic E-state index is 12.5. The molecule has 1 fully saturated rings. The molecule has 0 spiro atoms. The molecule has 21 heavy (non-hydrogen) atoms. The first-order chi connectivity index (χ1) is 9.96. The Morgan fingerprint density at radius 2 is 1.71 bits per heavy atom. The Morgan fingerprint density at radius 1 is 1.10 bits per heavy atom. The van der Waals surface area contributed by atoms with Crippen molar-refractivity contribution in [2.75, 3.05) is 0 Å². The number of carboxylic acids is 1. The van der Waals surface area contributed by atoms with Gasteiger partial charge in [-0.2, -0.15) is 0 Å². The van der Waals surface area contributed by atoms with Crippen molar-refractivity contribution in [2.45, 2.75) is 57.9 Å². The maximum Gasteiger partial charge on any atom is 0.329 e. The molecule has 1 aliphatic rings. The molecule has 0 heterocycles. The van der Waals surface area contributed by atoms with E-state index in [1.807, 2.05) is 26.0 Å². The van der Waals surface area contributed by atoms with Crippen molar-refractivity contribution in [2.24, 2.45) is 0 Å². The molecular formula is C17H23NO3. The van der Waals surface area contributed by atoms with Crippen molar-refractivity contribution in [3.63, 3.8) is 0 Å². The van der Waals surface area contributed by atoms with Crippen molar-refractivity contribution in [1.29, 1.82) is 0 Å². The van der Waals surface area contributed by atoms with E-state index in [1.54, 1.807) is 6.07 Å². The predicted molar refractivity (Wildman–Crippen MR) is 81.5 cm³/mol. The normalized spacial score (nSPS) is 17.8. The van der Waals surface area contributed by atoms with Gasteiger partial charge < -0.3 is 10.4 Å². The van der Waals surface area contributed by atoms with Crippen molar-refractivity contribution in [3.8, 4) is 0 Å². The molecular weight excluding hydrogens is 266 g/mol. The van der Waals surface area contributed by atoms with E-state index in [0.29, 0.717) is 18.4 Å². The second kappa shape index (κ2) is 6.29. The Balaban J connectivity index is 2.26. The number of aliphatic carboxylic acids is 1. The number of hydrogen-bond donors (Lipinski definition) is 2. The van der Waals surface area contributed by atoms with Crippen molar-refractivity contribution in [3.05, 3.63) is 34.9 Å². The number of benzene rings is 1. The first-order valence-electron chi connectivity index (χ1n) is 7.58. The molecule has 1 aliphatic carbocycles. The molecule has 0 atom stereocenters. The van der Waals surface area contributed by atoms with Gasteiger partial charge in [-0.05, 0) is 43.9 Å². The fraction of sp³-hybridized carbons (Fsp3) is 0.529. The van der Waals surface area contributed by atoms with Gasteiger partial charge in [-0.3, -0.25) is 4.79 Å². The number of carbonyl (C=O) groups excluding carboxylic acids is 1. The van der Waals surface area contributed by atoms with Crippen LogP contribution in [0.1, 0.15) is 60.0 Å². The van der Waals surface area contributed by atoms with Gasteiger partial charge in [0.25, 0.3) is 5.91 Å². The van der Waals surface area contributed by atoms with E-state index in [2.05, 4.69) is 5.32 Å². The lowest BCUT2D eigenvalue weighted by atomic mass is 9.89. The number of rotatable bonds is 3. The van der Waals surface area contributed by atoms with E-state index in [-0.39, 0.29) is 5.91 Å². The second-order valence-electron chi connectivity index (χ2n) is 6.00. The fourth-order valence-corrected chi connectivity index (χ4v) is 3.01. The van der Waals surface area contributed by atoms with Crippen LogP contribution in [0.15, 0.2) is 18.2 Å². The molecule has 0 aromatic heterocycles. The lowest BCUT2D eigenvalue weighted by Gasteiger charge is -2.29. The molecule has 1 amide bonds. The van der Waals surface area contributed by atoms with Gasteiger partial charge in [0.1, 0.15) is 5.54 Å². The zero-order valence-electron chi connectivity index (χ0n) is 12.7. The molecule has 1 aromatic rings. The van der Waals surface area contributed by atoms with E-state index in [4.69, 9.17) is 0 Å². The van der Waals surface area contributed by atoms with Crippen molar-refractivity contribution >= 4 is 11.9 Å². The average molecular weight is 289 g/mol. The number of aryl methyl sites for hydroxylation is 1. The van der Waals surface area contributed by atoms with Gasteiger partial charge in [0.15, 0.2) is 0 Å². The van der Waals surface area contributed by atoms with E-state index in [1.165, 1.54) is 0 Å². The number of carbonyl (C=O) groups is 2. The lowest BCUT2D eigenvalue weighted by Crippen LogP contribution is -2.54. The predicted octanol–water partition coefficient (Wildman–Crippen LogP) is 3.21. The zero-order chi connectivity index (χ0) is 15.5. The van der Waals surface area contributed by atoms with Crippen LogP contribution in [0.3, 0.4) is 0 Å². The Morgan fingerprint density at radius 3 is 2.29 bits per heavy atom. The van der Waals surface area contributed by atoms with Crippen LogP contribution in [0, 0.1) is 13.8 Å². The molecule has 0 aliphatic heterocycles. The van der Waals surface area contributed by atoms with Gasteiger partial charge in [-0.1, -0.05) is 37.8 Å². The highest BCUT2D eigenvalue weighted by molar-refractivity contribution is 5.99. The third-order valence-corrected chi connectivity index (χ3v) is 4.57. The highest BCUT2D eigenvalue weighted by Gasteiger charge is 2.40. The summed E-state index contributed by atoms with van der Waals surface area (Å²) in [7, 11) is 0. The van der Waals surface area contributed by atoms with E-state index in [0.717, 1.165) is 36.8 Å². The smallest absolute Gasteiger partial charge is 0.329 e. The maximum atomic E-state index is 12.5. The van der Waals surface area contributed by atoms with Gasteiger partial charge >= 0.3 is 5.97 Å². The summed E-state index contributed by atoms with van der Waals surface area (Å²) < 4.78 is 0. The van der Waals surface area contributed by atoms with Crippen LogP contribution in [0.25, 0.3) is 0 Å². The van der Waals surface area contributed by atoms with E-state index in [9.17, 15) is 14.7 Å². The summed E-state index contributed by atoms with van der Waals surface area (Å²) in [6, 6.07) is 5.53. The molecule has 4 heteroatoms. The van der Waals surface area contributed by atoms with Crippen LogP contribution in [0.2, 0.25) is 0 Å². The summed E-state index contributed by atoms with van der Waals surface area (Å²) in [6.45, 7) is 3.84. The molecule has 1 aromatic carbocycles. The molecule has 0 bridgehead atoms. The minimum atomic E-state index is -1.11. The zero-order valence-corrected chi connectivity index (χ0v) is 12.7. The summed E-state index contributed by atoms with van der Waals surface area (Å²) in [5, 5.41) is 12.4. The number of hydrogen-bond acceptors (Lipinski definition) is 2. The highest BCUT2D eigenvalue weighted by atomic mass is 16.4. The standard InChI is InChI=1S/C17H23NO3/c1-12-8-7-9-14(13(12)2)15(19)18-17(16(20)21)10-5-3-4-6-11-17/h7-9H,3-6,10-11H2,1-2H3,(H,18,19)(H,20,21). The molecule has 114 valence electrons. The van der Waals surface area contributed by atoms with Crippen LogP contribution in [0.5, 0.6) is 0 Å². The summed E-state index contributed by atoms with van der Waals surface area (Å²) in [6.07, 6.45) is 4.79. The lowest BCUT2D eigenvalue weighted by molar-refractivity contribution is -0.145. The first-order valence-corrected chi connectivity index (χ1v) is 7.58. The van der Waals surface area contributed by atoms with Crippen LogP contribution in [-0.2, 0) is 4.79 Å². The number of carboxylic acid groups (broad SMARTS) is 1. The molecule has 2 rings (SSSR count). The molecule has 1 saturated carbocycles. The Hall–Kier alpha value is -1.84. The molecule has 0 saturated heterocycles. The van der Waals surface area contributed by atoms with E-state index >= 15 is 0 Å². The Bertz CT molecular complexity index is 543. The third-order valence-electron chi connectivity index (χ3n) is 4.57. The van der Waals surface area contributed by atoms with Crippen molar-refractivity contribution < 1.29 is 14.7 Å². The largest absolute Gasteiger partial charge is 0.480 e. The second-order valence-corrected chi connectivity index (χ2v) is 6.00. The van der Waals surface area contributed by atoms with Crippen LogP contribution < -0.4 is 5.32 Å². The van der Waals surface area contributed by atoms with Crippen LogP contribution in [-0.4, -0.2) is 22.5 Å². The van der Waals surface area contributed by atoms with E-state index < -0.39 is 11.5 Å². The van der Waals surface area contributed by atoms with Crippen molar-refractivity contribution in [1.82, 2.24) is 5.32 Å². The molecule has 0 unspecified atom stereocenters. The van der Waals surface area contributed by atoms with Gasteiger partial charge in [0.2, 0.25) is 0 Å². The first kappa shape index (κ1) is 15.5. The summed E-state index contributed by atoms with van der Waals surface area (Å²) in [5.74, 6) is -1.19. The Labute approximate surface area is 125 Å². The van der Waals surface area contributed by atoms with Gasteiger partial charge in [0, 0.05) is 5.56 Å². The molecule has 0 radical (unpaired) electrons. The van der Waals surface area contributed by atoms with Crippen LogP contribution in [0.4, 0.5) is 0 Å². The quantitative estimate of drug-likeness (QED) is 0.840. The molecule has 2 N–H and O–H groups in total. The highest BCUT2D eigenvalue weighted by Crippen LogP contribution is 2.28. The topological polar surface area (TPSA) is 66.4 Å². The minimum absolute atomic E-state index is 0.277. The molecule has 4 nitrogen and oxygen atoms in total. The van der Waals surface area contributed by atoms with Gasteiger partial charge in [0.05, 0.1) is 0 Å².